The van der Waals surface area contributed by atoms with Gasteiger partial charge in [-0.25, -0.2) is 13.8 Å². The summed E-state index contributed by atoms with van der Waals surface area (Å²) in [6.45, 7) is 8.09. The topological polar surface area (TPSA) is 28.2 Å². The van der Waals surface area contributed by atoms with Crippen LogP contribution < -0.4 is 10.2 Å². The van der Waals surface area contributed by atoms with Crippen LogP contribution in [-0.4, -0.2) is 35.1 Å². The summed E-state index contributed by atoms with van der Waals surface area (Å²) >= 11 is 1.88. The molecule has 1 aromatic rings. The first kappa shape index (κ1) is 14.4. The van der Waals surface area contributed by atoms with Crippen LogP contribution in [0.15, 0.2) is 6.07 Å². The number of nitrogens with zero attached hydrogens (tertiary/aromatic N) is 2. The molecule has 1 aromatic heterocycles. The van der Waals surface area contributed by atoms with Crippen LogP contribution in [0.5, 0.6) is 0 Å². The van der Waals surface area contributed by atoms with Gasteiger partial charge in [0.1, 0.15) is 0 Å². The van der Waals surface area contributed by atoms with Gasteiger partial charge in [-0.1, -0.05) is 13.8 Å². The predicted octanol–water partition coefficient (Wildman–Crippen LogP) is 3.12. The molecule has 0 bridgehead atoms. The first-order chi connectivity index (χ1) is 9.01. The molecule has 0 aliphatic carbocycles. The molecule has 6 heteroatoms. The summed E-state index contributed by atoms with van der Waals surface area (Å²) in [6.07, 6.45) is 0. The Hall–Kier alpha value is -1.04. The number of hydrogen-bond acceptors (Lipinski definition) is 4. The zero-order valence-corrected chi connectivity index (χ0v) is 12.2. The van der Waals surface area contributed by atoms with Crippen molar-refractivity contribution in [3.05, 3.63) is 17.7 Å². The van der Waals surface area contributed by atoms with Gasteiger partial charge in [-0.3, -0.25) is 0 Å². The van der Waals surface area contributed by atoms with Gasteiger partial charge in [0.15, 0.2) is 23.3 Å². The summed E-state index contributed by atoms with van der Waals surface area (Å²) < 4.78 is 27.5. The zero-order valence-electron chi connectivity index (χ0n) is 11.4. The standard InChI is InChI=1S/C13H19F2N3S/c1-4-16-12-10(14)5-11(15)13(17-12)18-6-8(2)19-9(3)7-18/h5,8-9H,4,6-7H2,1-3H3,(H,16,17). The third-order valence-corrected chi connectivity index (χ3v) is 4.20. The molecule has 1 aliphatic heterocycles. The number of pyridine rings is 1. The van der Waals surface area contributed by atoms with E-state index in [4.69, 9.17) is 0 Å². The van der Waals surface area contributed by atoms with Gasteiger partial charge in [-0.15, -0.1) is 0 Å². The van der Waals surface area contributed by atoms with Gasteiger partial charge in [-0.05, 0) is 6.92 Å². The van der Waals surface area contributed by atoms with E-state index >= 15 is 0 Å². The maximum Gasteiger partial charge on any atom is 0.168 e. The Labute approximate surface area is 116 Å². The molecule has 1 N–H and O–H groups in total. The quantitative estimate of drug-likeness (QED) is 0.924. The van der Waals surface area contributed by atoms with E-state index in [9.17, 15) is 8.78 Å². The van der Waals surface area contributed by atoms with Crippen LogP contribution in [0.4, 0.5) is 20.4 Å². The highest BCUT2D eigenvalue weighted by atomic mass is 32.2. The Morgan fingerprint density at radius 2 is 1.95 bits per heavy atom. The molecule has 19 heavy (non-hydrogen) atoms. The number of halogens is 2. The van der Waals surface area contributed by atoms with Crippen molar-refractivity contribution in [3.63, 3.8) is 0 Å². The monoisotopic (exact) mass is 287 g/mol. The molecular weight excluding hydrogens is 268 g/mol. The normalized spacial score (nSPS) is 23.5. The molecule has 1 saturated heterocycles. The fourth-order valence-corrected chi connectivity index (χ4v) is 3.65. The number of anilines is 2. The van der Waals surface area contributed by atoms with Gasteiger partial charge < -0.3 is 10.2 Å². The summed E-state index contributed by atoms with van der Waals surface area (Å²) in [6, 6.07) is 0.914. The van der Waals surface area contributed by atoms with E-state index in [0.717, 1.165) is 19.2 Å². The first-order valence-electron chi connectivity index (χ1n) is 6.51. The van der Waals surface area contributed by atoms with Crippen molar-refractivity contribution < 1.29 is 8.78 Å². The molecule has 3 nitrogen and oxygen atoms in total. The maximum absolute atomic E-state index is 13.9. The summed E-state index contributed by atoms with van der Waals surface area (Å²) in [4.78, 5) is 6.01. The maximum atomic E-state index is 13.9. The average Bonchev–Trinajstić information content (AvgIpc) is 2.31. The van der Waals surface area contributed by atoms with Crippen LogP contribution >= 0.6 is 11.8 Å². The third-order valence-electron chi connectivity index (χ3n) is 2.97. The van der Waals surface area contributed by atoms with Gasteiger partial charge in [-0.2, -0.15) is 11.8 Å². The average molecular weight is 287 g/mol. The van der Waals surface area contributed by atoms with Crippen LogP contribution in [0.3, 0.4) is 0 Å². The molecule has 2 unspecified atom stereocenters. The number of thioether (sulfide) groups is 1. The van der Waals surface area contributed by atoms with Crippen LogP contribution in [-0.2, 0) is 0 Å². The van der Waals surface area contributed by atoms with Crippen molar-refractivity contribution in [2.24, 2.45) is 0 Å². The first-order valence-corrected chi connectivity index (χ1v) is 7.45. The Morgan fingerprint density at radius 3 is 2.53 bits per heavy atom. The zero-order chi connectivity index (χ0) is 14.0. The molecular formula is C13H19F2N3S. The third kappa shape index (κ3) is 3.29. The Morgan fingerprint density at radius 1 is 1.32 bits per heavy atom. The summed E-state index contributed by atoms with van der Waals surface area (Å²) in [5.41, 5.74) is 0. The minimum Gasteiger partial charge on any atom is -0.368 e. The van der Waals surface area contributed by atoms with Crippen LogP contribution in [0, 0.1) is 11.6 Å². The fraction of sp³-hybridized carbons (Fsp3) is 0.615. The van der Waals surface area contributed by atoms with E-state index in [1.807, 2.05) is 23.6 Å². The van der Waals surface area contributed by atoms with Crippen molar-refractivity contribution >= 4 is 23.4 Å². The second-order valence-electron chi connectivity index (χ2n) is 4.82. The number of rotatable bonds is 3. The van der Waals surface area contributed by atoms with E-state index in [-0.39, 0.29) is 11.6 Å². The molecule has 2 atom stereocenters. The lowest BCUT2D eigenvalue weighted by Gasteiger charge is -2.35. The van der Waals surface area contributed by atoms with Gasteiger partial charge in [0.25, 0.3) is 0 Å². The van der Waals surface area contributed by atoms with E-state index in [1.54, 1.807) is 0 Å². The minimum absolute atomic E-state index is 0.123. The van der Waals surface area contributed by atoms with Crippen LogP contribution in [0.1, 0.15) is 20.8 Å². The largest absolute Gasteiger partial charge is 0.368 e. The Kier molecular flexibility index (Phi) is 4.50. The molecule has 0 aromatic carbocycles. The molecule has 1 aliphatic rings. The molecule has 2 heterocycles. The SMILES string of the molecule is CCNc1nc(N2CC(C)SC(C)C2)c(F)cc1F. The van der Waals surface area contributed by atoms with Crippen molar-refractivity contribution in [2.75, 3.05) is 29.9 Å². The second-order valence-corrected chi connectivity index (χ2v) is 6.70. The summed E-state index contributed by atoms with van der Waals surface area (Å²) in [7, 11) is 0. The van der Waals surface area contributed by atoms with Crippen LogP contribution in [0.25, 0.3) is 0 Å². The number of hydrogen-bond donors (Lipinski definition) is 1. The van der Waals surface area contributed by atoms with Crippen molar-refractivity contribution in [3.8, 4) is 0 Å². The smallest absolute Gasteiger partial charge is 0.168 e. The van der Waals surface area contributed by atoms with E-state index in [0.29, 0.717) is 17.0 Å². The van der Waals surface area contributed by atoms with Gasteiger partial charge in [0, 0.05) is 36.2 Å². The molecule has 0 saturated carbocycles. The van der Waals surface area contributed by atoms with Crippen molar-refractivity contribution in [1.29, 1.82) is 0 Å². The van der Waals surface area contributed by atoms with Crippen molar-refractivity contribution in [2.45, 2.75) is 31.3 Å². The highest BCUT2D eigenvalue weighted by Gasteiger charge is 2.26. The van der Waals surface area contributed by atoms with Gasteiger partial charge >= 0.3 is 0 Å². The predicted molar refractivity (Wildman–Crippen MR) is 77.0 cm³/mol. The van der Waals surface area contributed by atoms with E-state index < -0.39 is 11.6 Å². The lowest BCUT2D eigenvalue weighted by Crippen LogP contribution is -2.41. The molecule has 2 rings (SSSR count). The summed E-state index contributed by atoms with van der Waals surface area (Å²) in [5.74, 6) is -0.866. The lowest BCUT2D eigenvalue weighted by atomic mass is 10.3. The molecule has 106 valence electrons. The molecule has 0 radical (unpaired) electrons. The van der Waals surface area contributed by atoms with E-state index in [1.165, 1.54) is 0 Å². The lowest BCUT2D eigenvalue weighted by molar-refractivity contribution is 0.566. The minimum atomic E-state index is -0.643. The van der Waals surface area contributed by atoms with E-state index in [2.05, 4.69) is 24.1 Å². The number of aromatic nitrogens is 1. The molecule has 1 fully saturated rings. The van der Waals surface area contributed by atoms with Crippen molar-refractivity contribution in [1.82, 2.24) is 4.98 Å². The summed E-state index contributed by atoms with van der Waals surface area (Å²) in [5, 5.41) is 3.65. The Balaban J connectivity index is 2.30. The fourth-order valence-electron chi connectivity index (χ4n) is 2.32. The number of nitrogens with one attached hydrogen (secondary N) is 1. The highest BCUT2D eigenvalue weighted by Crippen LogP contribution is 2.30. The van der Waals surface area contributed by atoms with Gasteiger partial charge in [0.05, 0.1) is 0 Å². The molecule has 0 spiro atoms. The Bertz CT molecular complexity index is 446. The second kappa shape index (κ2) is 5.94. The highest BCUT2D eigenvalue weighted by molar-refractivity contribution is 8.00. The van der Waals surface area contributed by atoms with Gasteiger partial charge in [0.2, 0.25) is 0 Å². The van der Waals surface area contributed by atoms with Crippen LogP contribution in [0.2, 0.25) is 0 Å². The molecule has 0 amide bonds.